The monoisotopic (exact) mass is 369 g/mol. The normalized spacial score (nSPS) is 19.1. The number of nitrogens with one attached hydrogen (secondary N) is 1. The zero-order valence-electron chi connectivity index (χ0n) is 16.2. The van der Waals surface area contributed by atoms with Gasteiger partial charge in [-0.25, -0.2) is 0 Å². The molecule has 3 rings (SSSR count). The molecule has 0 aliphatic carbocycles. The number of fused-ring (bicyclic) bond motifs is 1. The van der Waals surface area contributed by atoms with Crippen LogP contribution in [0.1, 0.15) is 33.1 Å². The predicted molar refractivity (Wildman–Crippen MR) is 108 cm³/mol. The van der Waals surface area contributed by atoms with E-state index in [4.69, 9.17) is 9.47 Å². The molecule has 1 aromatic carbocycles. The number of benzene rings is 1. The van der Waals surface area contributed by atoms with Gasteiger partial charge in [0.05, 0.1) is 30.8 Å². The molecule has 0 bridgehead atoms. The first-order chi connectivity index (χ1) is 13.1. The molecule has 27 heavy (non-hydrogen) atoms. The number of nitrogens with zero attached hydrogens (tertiary/aromatic N) is 2. The van der Waals surface area contributed by atoms with Crippen molar-refractivity contribution in [1.82, 2.24) is 4.98 Å². The number of methoxy groups -OCH3 is 1. The molecule has 1 fully saturated rings. The van der Waals surface area contributed by atoms with Crippen molar-refractivity contribution in [2.24, 2.45) is 10.9 Å². The van der Waals surface area contributed by atoms with Gasteiger partial charge in [-0.3, -0.25) is 14.8 Å². The fourth-order valence-electron chi connectivity index (χ4n) is 3.36. The third kappa shape index (κ3) is 4.76. The predicted octanol–water partition coefficient (Wildman–Crippen LogP) is 3.85. The first-order valence-electron chi connectivity index (χ1n) is 9.45. The van der Waals surface area contributed by atoms with Crippen molar-refractivity contribution in [2.45, 2.75) is 39.2 Å². The number of rotatable bonds is 8. The highest BCUT2D eigenvalue weighted by molar-refractivity contribution is 6.01. The summed E-state index contributed by atoms with van der Waals surface area (Å²) >= 11 is 0. The lowest BCUT2D eigenvalue weighted by atomic mass is 10.0. The zero-order valence-corrected chi connectivity index (χ0v) is 16.2. The van der Waals surface area contributed by atoms with Crippen molar-refractivity contribution in [1.29, 1.82) is 0 Å². The summed E-state index contributed by atoms with van der Waals surface area (Å²) in [6, 6.07) is 8.19. The van der Waals surface area contributed by atoms with E-state index in [0.717, 1.165) is 41.6 Å². The van der Waals surface area contributed by atoms with E-state index >= 15 is 0 Å². The molecule has 0 spiro atoms. The van der Waals surface area contributed by atoms with E-state index in [1.54, 1.807) is 20.2 Å². The van der Waals surface area contributed by atoms with Crippen LogP contribution in [0.5, 0.6) is 5.75 Å². The van der Waals surface area contributed by atoms with Crippen LogP contribution in [-0.4, -0.2) is 43.0 Å². The van der Waals surface area contributed by atoms with E-state index in [-0.39, 0.29) is 17.7 Å². The van der Waals surface area contributed by atoms with Crippen molar-refractivity contribution >= 4 is 28.3 Å². The average molecular weight is 369 g/mol. The Morgan fingerprint density at radius 2 is 2.33 bits per heavy atom. The van der Waals surface area contributed by atoms with Gasteiger partial charge in [-0.1, -0.05) is 6.07 Å². The first-order valence-corrected chi connectivity index (χ1v) is 9.45. The van der Waals surface area contributed by atoms with Gasteiger partial charge in [-0.05, 0) is 45.2 Å². The molecule has 0 radical (unpaired) electrons. The molecule has 2 heterocycles. The number of aliphatic imine (C=N–C) groups is 1. The molecule has 1 N–H and O–H groups in total. The summed E-state index contributed by atoms with van der Waals surface area (Å²) in [6.45, 7) is 5.01. The molecule has 2 aromatic rings. The summed E-state index contributed by atoms with van der Waals surface area (Å²) in [5.74, 6) is 1.42. The maximum atomic E-state index is 11.6. The molecule has 1 aromatic heterocycles. The van der Waals surface area contributed by atoms with Crippen LogP contribution in [0.4, 0.5) is 5.69 Å². The van der Waals surface area contributed by atoms with Crippen LogP contribution >= 0.6 is 0 Å². The van der Waals surface area contributed by atoms with Crippen LogP contribution in [-0.2, 0) is 9.53 Å². The Balaban J connectivity index is 1.58. The molecule has 6 nitrogen and oxygen atoms in total. The Labute approximate surface area is 160 Å². The number of aromatic nitrogens is 1. The van der Waals surface area contributed by atoms with Gasteiger partial charge in [0.25, 0.3) is 0 Å². The van der Waals surface area contributed by atoms with Crippen LogP contribution in [0.25, 0.3) is 10.9 Å². The molecule has 1 aliphatic heterocycles. The van der Waals surface area contributed by atoms with E-state index in [9.17, 15) is 4.79 Å². The molecular weight excluding hydrogens is 342 g/mol. The molecule has 144 valence electrons. The number of hydrogen-bond acceptors (Lipinski definition) is 6. The number of anilines is 1. The molecule has 0 amide bonds. The molecule has 1 saturated heterocycles. The number of carbonyl (C=O) groups is 1. The summed E-state index contributed by atoms with van der Waals surface area (Å²) in [6.07, 6.45) is 4.42. The Bertz CT molecular complexity index is 835. The van der Waals surface area contributed by atoms with Crippen LogP contribution in [0.3, 0.4) is 0 Å². The van der Waals surface area contributed by atoms with Gasteiger partial charge in [0.15, 0.2) is 5.90 Å². The van der Waals surface area contributed by atoms with Gasteiger partial charge < -0.3 is 14.8 Å². The standard InChI is InChI=1S/C21H27N3O3/c1-14(6-4-10-23-21-18(15(2)25)8-11-27-21)24-19-13-17(26-3)12-16-7-5-9-22-20(16)19/h5,7,9,12-14,18,24H,4,6,8,10-11H2,1-3H3. The first kappa shape index (κ1) is 19.1. The quantitative estimate of drug-likeness (QED) is 0.716. The topological polar surface area (TPSA) is 72.8 Å². The minimum absolute atomic E-state index is 0.138. The second-order valence-electron chi connectivity index (χ2n) is 6.96. The maximum absolute atomic E-state index is 11.6. The van der Waals surface area contributed by atoms with Crippen molar-refractivity contribution in [2.75, 3.05) is 25.6 Å². The molecule has 1 aliphatic rings. The second-order valence-corrected chi connectivity index (χ2v) is 6.96. The van der Waals surface area contributed by atoms with Crippen LogP contribution in [0.15, 0.2) is 35.5 Å². The summed E-state index contributed by atoms with van der Waals surface area (Å²) in [7, 11) is 1.67. The number of hydrogen-bond donors (Lipinski definition) is 1. The number of Topliss-reactive ketones (excluding diaryl/α,β-unsaturated/α-hetero) is 1. The van der Waals surface area contributed by atoms with E-state index in [1.807, 2.05) is 24.3 Å². The SMILES string of the molecule is COc1cc(NC(C)CCCN=C2OCCC2C(C)=O)c2ncccc2c1. The third-order valence-corrected chi connectivity index (χ3v) is 4.82. The fourth-order valence-corrected chi connectivity index (χ4v) is 3.36. The lowest BCUT2D eigenvalue weighted by molar-refractivity contribution is -0.118. The van der Waals surface area contributed by atoms with Gasteiger partial charge in [-0.15, -0.1) is 0 Å². The van der Waals surface area contributed by atoms with Crippen molar-refractivity contribution in [3.8, 4) is 5.75 Å². The van der Waals surface area contributed by atoms with E-state index in [0.29, 0.717) is 19.0 Å². The van der Waals surface area contributed by atoms with E-state index in [1.165, 1.54) is 0 Å². The lowest BCUT2D eigenvalue weighted by Gasteiger charge is -2.17. The smallest absolute Gasteiger partial charge is 0.194 e. The largest absolute Gasteiger partial charge is 0.497 e. The molecule has 6 heteroatoms. The van der Waals surface area contributed by atoms with Crippen molar-refractivity contribution < 1.29 is 14.3 Å². The molecular formula is C21H27N3O3. The maximum Gasteiger partial charge on any atom is 0.194 e. The second kappa shape index (κ2) is 8.84. The van der Waals surface area contributed by atoms with Gasteiger partial charge in [0.2, 0.25) is 0 Å². The van der Waals surface area contributed by atoms with Gasteiger partial charge in [0, 0.05) is 30.2 Å². The zero-order chi connectivity index (χ0) is 19.2. The van der Waals surface area contributed by atoms with Gasteiger partial charge in [0.1, 0.15) is 11.5 Å². The average Bonchev–Trinajstić information content (AvgIpc) is 3.14. The lowest BCUT2D eigenvalue weighted by Crippen LogP contribution is -2.18. The Hall–Kier alpha value is -2.63. The van der Waals surface area contributed by atoms with Crippen LogP contribution in [0, 0.1) is 5.92 Å². The Morgan fingerprint density at radius 1 is 1.48 bits per heavy atom. The Kier molecular flexibility index (Phi) is 6.27. The van der Waals surface area contributed by atoms with Gasteiger partial charge in [-0.2, -0.15) is 0 Å². The fraction of sp³-hybridized carbons (Fsp3) is 0.476. The highest BCUT2D eigenvalue weighted by Crippen LogP contribution is 2.28. The van der Waals surface area contributed by atoms with Gasteiger partial charge >= 0.3 is 0 Å². The molecule has 2 atom stereocenters. The number of pyridine rings is 1. The summed E-state index contributed by atoms with van der Waals surface area (Å²) in [5, 5.41) is 4.59. The number of ether oxygens (including phenoxy) is 2. The highest BCUT2D eigenvalue weighted by Gasteiger charge is 2.28. The van der Waals surface area contributed by atoms with E-state index < -0.39 is 0 Å². The highest BCUT2D eigenvalue weighted by atomic mass is 16.5. The summed E-state index contributed by atoms with van der Waals surface area (Å²) < 4.78 is 10.9. The summed E-state index contributed by atoms with van der Waals surface area (Å²) in [4.78, 5) is 20.6. The summed E-state index contributed by atoms with van der Waals surface area (Å²) in [5.41, 5.74) is 1.91. The third-order valence-electron chi connectivity index (χ3n) is 4.82. The van der Waals surface area contributed by atoms with Crippen LogP contribution in [0.2, 0.25) is 0 Å². The van der Waals surface area contributed by atoms with Crippen LogP contribution < -0.4 is 10.1 Å². The van der Waals surface area contributed by atoms with E-state index in [2.05, 4.69) is 22.2 Å². The van der Waals surface area contributed by atoms with Crippen molar-refractivity contribution in [3.05, 3.63) is 30.5 Å². The van der Waals surface area contributed by atoms with Crippen molar-refractivity contribution in [3.63, 3.8) is 0 Å². The minimum Gasteiger partial charge on any atom is -0.497 e. The Morgan fingerprint density at radius 3 is 3.11 bits per heavy atom. The minimum atomic E-state index is -0.144. The number of ketones is 1. The molecule has 2 unspecified atom stereocenters. The molecule has 0 saturated carbocycles. The number of carbonyl (C=O) groups excluding carboxylic acids is 1.